The average Bonchev–Trinajstić information content (AvgIpc) is 2.65. The number of benzene rings is 1. The zero-order chi connectivity index (χ0) is 11.4. The second-order valence-electron chi connectivity index (χ2n) is 3.53. The molecule has 0 atom stereocenters. The maximum Gasteiger partial charge on any atom is 0.121 e. The van der Waals surface area contributed by atoms with Gasteiger partial charge in [0.05, 0.1) is 0 Å². The normalized spacial score (nSPS) is 10.6. The Balaban J connectivity index is 1.87. The minimum absolute atomic E-state index is 0.641. The highest BCUT2D eigenvalue weighted by molar-refractivity contribution is 6.30. The van der Waals surface area contributed by atoms with Gasteiger partial charge in [-0.25, -0.2) is 4.63 Å². The molecule has 0 amide bonds. The number of nitrogens with one attached hydrogen (secondary N) is 1. The van der Waals surface area contributed by atoms with Crippen LogP contribution >= 0.6 is 11.6 Å². The molecule has 1 aromatic carbocycles. The SMILES string of the molecule is Cc1nonc1CNCc1cccc(Cl)c1. The Kier molecular flexibility index (Phi) is 3.54. The number of aromatic nitrogens is 2. The van der Waals surface area contributed by atoms with Crippen molar-refractivity contribution in [1.82, 2.24) is 15.6 Å². The Morgan fingerprint density at radius 3 is 2.88 bits per heavy atom. The van der Waals surface area contributed by atoms with Gasteiger partial charge in [-0.3, -0.25) is 0 Å². The first-order valence-electron chi connectivity index (χ1n) is 4.99. The molecule has 0 fully saturated rings. The van der Waals surface area contributed by atoms with Crippen molar-refractivity contribution in [2.45, 2.75) is 20.0 Å². The van der Waals surface area contributed by atoms with Crippen molar-refractivity contribution in [1.29, 1.82) is 0 Å². The van der Waals surface area contributed by atoms with Crippen molar-refractivity contribution in [2.24, 2.45) is 0 Å². The quantitative estimate of drug-likeness (QED) is 0.887. The van der Waals surface area contributed by atoms with E-state index >= 15 is 0 Å². The van der Waals surface area contributed by atoms with Gasteiger partial charge in [0.2, 0.25) is 0 Å². The van der Waals surface area contributed by atoms with E-state index in [1.807, 2.05) is 31.2 Å². The first-order chi connectivity index (χ1) is 7.75. The zero-order valence-corrected chi connectivity index (χ0v) is 9.66. The van der Waals surface area contributed by atoms with Crippen molar-refractivity contribution >= 4 is 11.6 Å². The van der Waals surface area contributed by atoms with Crippen LogP contribution in [-0.4, -0.2) is 10.3 Å². The fraction of sp³-hybridized carbons (Fsp3) is 0.273. The van der Waals surface area contributed by atoms with Crippen LogP contribution in [0.25, 0.3) is 0 Å². The molecule has 0 aliphatic heterocycles. The smallest absolute Gasteiger partial charge is 0.121 e. The molecular weight excluding hydrogens is 226 g/mol. The van der Waals surface area contributed by atoms with E-state index in [0.717, 1.165) is 28.5 Å². The van der Waals surface area contributed by atoms with Crippen LogP contribution in [0.4, 0.5) is 0 Å². The summed E-state index contributed by atoms with van der Waals surface area (Å²) >= 11 is 5.88. The molecule has 16 heavy (non-hydrogen) atoms. The number of aryl methyl sites for hydroxylation is 1. The Hall–Kier alpha value is -1.39. The van der Waals surface area contributed by atoms with Crippen molar-refractivity contribution in [3.05, 3.63) is 46.2 Å². The van der Waals surface area contributed by atoms with E-state index in [0.29, 0.717) is 6.54 Å². The second kappa shape index (κ2) is 5.09. The van der Waals surface area contributed by atoms with Crippen molar-refractivity contribution in [3.63, 3.8) is 0 Å². The fourth-order valence-corrected chi connectivity index (χ4v) is 1.59. The first-order valence-corrected chi connectivity index (χ1v) is 5.36. The minimum Gasteiger partial charge on any atom is -0.307 e. The van der Waals surface area contributed by atoms with Gasteiger partial charge in [0.15, 0.2) is 0 Å². The van der Waals surface area contributed by atoms with Gasteiger partial charge in [0.1, 0.15) is 11.4 Å². The third-order valence-electron chi connectivity index (χ3n) is 2.26. The van der Waals surface area contributed by atoms with Gasteiger partial charge in [-0.2, -0.15) is 0 Å². The summed E-state index contributed by atoms with van der Waals surface area (Å²) in [6.07, 6.45) is 0. The monoisotopic (exact) mass is 237 g/mol. The summed E-state index contributed by atoms with van der Waals surface area (Å²) in [4.78, 5) is 0. The first kappa shape index (κ1) is 11.1. The third-order valence-corrected chi connectivity index (χ3v) is 2.49. The molecule has 0 spiro atoms. The van der Waals surface area contributed by atoms with Gasteiger partial charge in [-0.05, 0) is 24.6 Å². The molecule has 84 valence electrons. The Bertz CT molecular complexity index is 470. The summed E-state index contributed by atoms with van der Waals surface area (Å²) in [5, 5.41) is 11.5. The Morgan fingerprint density at radius 2 is 2.19 bits per heavy atom. The lowest BCUT2D eigenvalue weighted by atomic mass is 10.2. The molecule has 1 aromatic heterocycles. The highest BCUT2D eigenvalue weighted by Gasteiger charge is 2.03. The molecule has 0 aliphatic rings. The number of rotatable bonds is 4. The van der Waals surface area contributed by atoms with Gasteiger partial charge in [0, 0.05) is 18.1 Å². The van der Waals surface area contributed by atoms with E-state index in [-0.39, 0.29) is 0 Å². The molecule has 0 bridgehead atoms. The highest BCUT2D eigenvalue weighted by Crippen LogP contribution is 2.10. The number of nitrogens with zero attached hydrogens (tertiary/aromatic N) is 2. The number of hydrogen-bond acceptors (Lipinski definition) is 4. The van der Waals surface area contributed by atoms with E-state index in [9.17, 15) is 0 Å². The van der Waals surface area contributed by atoms with Gasteiger partial charge in [-0.15, -0.1) is 0 Å². The summed E-state index contributed by atoms with van der Waals surface area (Å²) in [6, 6.07) is 7.74. The maximum atomic E-state index is 5.88. The van der Waals surface area contributed by atoms with Crippen LogP contribution in [0, 0.1) is 6.92 Å². The molecule has 1 N–H and O–H groups in total. The second-order valence-corrected chi connectivity index (χ2v) is 3.97. The molecular formula is C11H12ClN3O. The lowest BCUT2D eigenvalue weighted by Crippen LogP contribution is -2.13. The molecule has 0 unspecified atom stereocenters. The Morgan fingerprint density at radius 1 is 1.31 bits per heavy atom. The lowest BCUT2D eigenvalue weighted by molar-refractivity contribution is 0.300. The predicted octanol–water partition coefficient (Wildman–Crippen LogP) is 2.32. The minimum atomic E-state index is 0.641. The van der Waals surface area contributed by atoms with Crippen molar-refractivity contribution in [3.8, 4) is 0 Å². The summed E-state index contributed by atoms with van der Waals surface area (Å²) < 4.78 is 4.61. The fourth-order valence-electron chi connectivity index (χ4n) is 1.38. The van der Waals surface area contributed by atoms with Crippen molar-refractivity contribution in [2.75, 3.05) is 0 Å². The predicted molar refractivity (Wildman–Crippen MR) is 61.0 cm³/mol. The van der Waals surface area contributed by atoms with Gasteiger partial charge in [0.25, 0.3) is 0 Å². The Labute approximate surface area is 98.6 Å². The van der Waals surface area contributed by atoms with Crippen LogP contribution in [0.15, 0.2) is 28.9 Å². The highest BCUT2D eigenvalue weighted by atomic mass is 35.5. The van der Waals surface area contributed by atoms with Gasteiger partial charge < -0.3 is 5.32 Å². The van der Waals surface area contributed by atoms with E-state index in [1.165, 1.54) is 0 Å². The summed E-state index contributed by atoms with van der Waals surface area (Å²) in [5.41, 5.74) is 2.79. The van der Waals surface area contributed by atoms with E-state index in [1.54, 1.807) is 0 Å². The molecule has 1 heterocycles. The van der Waals surface area contributed by atoms with Gasteiger partial charge >= 0.3 is 0 Å². The van der Waals surface area contributed by atoms with Crippen LogP contribution in [-0.2, 0) is 13.1 Å². The van der Waals surface area contributed by atoms with Crippen LogP contribution in [0.2, 0.25) is 5.02 Å². The third kappa shape index (κ3) is 2.81. The van der Waals surface area contributed by atoms with Crippen molar-refractivity contribution < 1.29 is 4.63 Å². The average molecular weight is 238 g/mol. The summed E-state index contributed by atoms with van der Waals surface area (Å²) in [6.45, 7) is 3.25. The number of hydrogen-bond donors (Lipinski definition) is 1. The molecule has 2 rings (SSSR count). The van der Waals surface area contributed by atoms with Crippen LogP contribution < -0.4 is 5.32 Å². The van der Waals surface area contributed by atoms with Gasteiger partial charge in [-0.1, -0.05) is 34.0 Å². The van der Waals surface area contributed by atoms with Crippen LogP contribution in [0.1, 0.15) is 17.0 Å². The largest absolute Gasteiger partial charge is 0.307 e. The summed E-state index contributed by atoms with van der Waals surface area (Å²) in [7, 11) is 0. The van der Waals surface area contributed by atoms with E-state index in [4.69, 9.17) is 11.6 Å². The molecule has 0 saturated heterocycles. The molecule has 4 nitrogen and oxygen atoms in total. The molecule has 0 aliphatic carbocycles. The topological polar surface area (TPSA) is 51.0 Å². The van der Waals surface area contributed by atoms with E-state index < -0.39 is 0 Å². The molecule has 0 radical (unpaired) electrons. The lowest BCUT2D eigenvalue weighted by Gasteiger charge is -2.03. The molecule has 5 heteroatoms. The van der Waals surface area contributed by atoms with Crippen LogP contribution in [0.5, 0.6) is 0 Å². The standard InChI is InChI=1S/C11H12ClN3O/c1-8-11(15-16-14-8)7-13-6-9-3-2-4-10(12)5-9/h2-5,13H,6-7H2,1H3. The molecule has 2 aromatic rings. The summed E-state index contributed by atoms with van der Waals surface area (Å²) in [5.74, 6) is 0. The maximum absolute atomic E-state index is 5.88. The van der Waals surface area contributed by atoms with E-state index in [2.05, 4.69) is 20.3 Å². The molecule has 0 saturated carbocycles. The zero-order valence-electron chi connectivity index (χ0n) is 8.90. The van der Waals surface area contributed by atoms with Crippen LogP contribution in [0.3, 0.4) is 0 Å². The number of halogens is 1.